The zero-order valence-corrected chi connectivity index (χ0v) is 64.1. The fourth-order valence-corrected chi connectivity index (χ4v) is 13.1. The second-order valence-corrected chi connectivity index (χ2v) is 31.7. The van der Waals surface area contributed by atoms with Crippen molar-refractivity contribution >= 4 is 39.5 Å². The Hall–Kier alpha value is -1.94. The van der Waals surface area contributed by atoms with Gasteiger partial charge in [-0.05, 0) is 49.4 Å². The van der Waals surface area contributed by atoms with E-state index in [2.05, 4.69) is 55.4 Å². The van der Waals surface area contributed by atoms with E-state index in [1.807, 2.05) is 0 Å². The van der Waals surface area contributed by atoms with Crippen LogP contribution in [0.1, 0.15) is 383 Å². The van der Waals surface area contributed by atoms with Crippen molar-refractivity contribution < 1.29 is 80.2 Å². The Labute approximate surface area is 581 Å². The lowest BCUT2D eigenvalue weighted by Crippen LogP contribution is -2.30. The Morgan fingerprint density at radius 3 is 0.747 bits per heavy atom. The van der Waals surface area contributed by atoms with E-state index in [1.54, 1.807) is 0 Å². The van der Waals surface area contributed by atoms with Crippen molar-refractivity contribution in [1.29, 1.82) is 0 Å². The van der Waals surface area contributed by atoms with E-state index in [4.69, 9.17) is 37.0 Å². The number of hydrogen-bond acceptors (Lipinski definition) is 15. The Balaban J connectivity index is 5.21. The van der Waals surface area contributed by atoms with Crippen LogP contribution in [-0.4, -0.2) is 96.7 Å². The summed E-state index contributed by atoms with van der Waals surface area (Å²) in [6, 6.07) is 0. The molecule has 0 aromatic carbocycles. The highest BCUT2D eigenvalue weighted by molar-refractivity contribution is 7.47. The maximum atomic E-state index is 13.1. The lowest BCUT2D eigenvalue weighted by Gasteiger charge is -2.21. The van der Waals surface area contributed by atoms with E-state index in [1.165, 1.54) is 180 Å². The van der Waals surface area contributed by atoms with Crippen molar-refractivity contribution in [3.8, 4) is 0 Å². The van der Waals surface area contributed by atoms with E-state index in [0.717, 1.165) is 114 Å². The van der Waals surface area contributed by atoms with Crippen molar-refractivity contribution in [1.82, 2.24) is 0 Å². The lowest BCUT2D eigenvalue weighted by atomic mass is 9.99. The van der Waals surface area contributed by atoms with Gasteiger partial charge in [0.15, 0.2) is 12.2 Å². The molecule has 0 heterocycles. The standard InChI is InChI=1S/C76H148O17P2/c1-9-68(7)54-46-38-29-23-19-15-11-12-16-20-24-31-40-48-56-73(78)86-62-71(93-76(81)59-51-43-33-27-26-30-39-47-55-69(8)10-2)64-90-94(82,83)88-60-70(77)61-89-95(84,85)91-65-72(63-87-74(79)57-49-41-35-34-37-45-53-67(5)6)92-75(80)58-50-42-32-25-21-17-13-14-18-22-28-36-44-52-66(3)4/h66-72,77H,9-65H2,1-8H3,(H,82,83)(H,84,85)/t68?,69?,70-,71-,72-/m1/s1. The number of aliphatic hydroxyl groups excluding tert-OH is 1. The highest BCUT2D eigenvalue weighted by atomic mass is 31.2. The van der Waals surface area contributed by atoms with E-state index < -0.39 is 97.5 Å². The quantitative estimate of drug-likeness (QED) is 0.0222. The van der Waals surface area contributed by atoms with Gasteiger partial charge in [0.2, 0.25) is 0 Å². The Kier molecular flexibility index (Phi) is 64.0. The predicted octanol–water partition coefficient (Wildman–Crippen LogP) is 22.0. The van der Waals surface area contributed by atoms with Crippen LogP contribution in [0.2, 0.25) is 0 Å². The van der Waals surface area contributed by atoms with Crippen LogP contribution in [0.5, 0.6) is 0 Å². The fraction of sp³-hybridized carbons (Fsp3) is 0.947. The summed E-state index contributed by atoms with van der Waals surface area (Å²) in [5, 5.41) is 10.6. The van der Waals surface area contributed by atoms with Gasteiger partial charge in [0.25, 0.3) is 0 Å². The predicted molar refractivity (Wildman–Crippen MR) is 386 cm³/mol. The van der Waals surface area contributed by atoms with Crippen LogP contribution in [0.25, 0.3) is 0 Å². The molecule has 0 aromatic rings. The third-order valence-corrected chi connectivity index (χ3v) is 20.2. The molecule has 19 heteroatoms. The number of aliphatic hydroxyl groups is 1. The number of esters is 4. The van der Waals surface area contributed by atoms with E-state index in [0.29, 0.717) is 31.6 Å². The fourth-order valence-electron chi connectivity index (χ4n) is 11.5. The Morgan fingerprint density at radius 1 is 0.295 bits per heavy atom. The first kappa shape index (κ1) is 93.1. The second-order valence-electron chi connectivity index (χ2n) is 28.8. The molecule has 0 saturated carbocycles. The molecule has 0 amide bonds. The molecule has 0 saturated heterocycles. The minimum atomic E-state index is -4.96. The molecule has 0 aliphatic heterocycles. The molecule has 0 radical (unpaired) electrons. The lowest BCUT2D eigenvalue weighted by molar-refractivity contribution is -0.161. The molecule has 0 bridgehead atoms. The summed E-state index contributed by atoms with van der Waals surface area (Å²) < 4.78 is 68.5. The molecule has 0 rings (SSSR count). The Bertz CT molecular complexity index is 1870. The average molecular weight is 1400 g/mol. The Morgan fingerprint density at radius 2 is 0.505 bits per heavy atom. The van der Waals surface area contributed by atoms with Crippen LogP contribution in [0.3, 0.4) is 0 Å². The van der Waals surface area contributed by atoms with Gasteiger partial charge in [-0.25, -0.2) is 9.13 Å². The third-order valence-electron chi connectivity index (χ3n) is 18.3. The summed E-state index contributed by atoms with van der Waals surface area (Å²) in [7, 11) is -9.91. The molecule has 0 aromatic heterocycles. The molecular weight excluding hydrogens is 1250 g/mol. The molecule has 17 nitrogen and oxygen atoms in total. The smallest absolute Gasteiger partial charge is 0.462 e. The molecule has 3 N–H and O–H groups in total. The van der Waals surface area contributed by atoms with Gasteiger partial charge in [-0.2, -0.15) is 0 Å². The van der Waals surface area contributed by atoms with E-state index in [9.17, 15) is 43.2 Å². The molecular formula is C76H148O17P2. The molecule has 564 valence electrons. The topological polar surface area (TPSA) is 237 Å². The first-order chi connectivity index (χ1) is 45.7. The number of hydrogen-bond donors (Lipinski definition) is 3. The van der Waals surface area contributed by atoms with Crippen LogP contribution < -0.4 is 0 Å². The highest BCUT2D eigenvalue weighted by Gasteiger charge is 2.30. The molecule has 7 atom stereocenters. The van der Waals surface area contributed by atoms with Crippen LogP contribution in [0.15, 0.2) is 0 Å². The van der Waals surface area contributed by atoms with E-state index in [-0.39, 0.29) is 25.7 Å². The zero-order valence-electron chi connectivity index (χ0n) is 62.3. The average Bonchev–Trinajstić information content (AvgIpc) is 1.67. The van der Waals surface area contributed by atoms with Crippen molar-refractivity contribution in [2.24, 2.45) is 23.7 Å². The summed E-state index contributed by atoms with van der Waals surface area (Å²) in [5.74, 6) is 0.962. The molecule has 4 unspecified atom stereocenters. The number of phosphoric acid groups is 2. The number of ether oxygens (including phenoxy) is 4. The first-order valence-corrected chi connectivity index (χ1v) is 42.3. The SMILES string of the molecule is CCC(C)CCCCCCCCCCCCCCCCC(=O)OC[C@H](COP(=O)(O)OC[C@@H](O)COP(=O)(O)OC[C@@H](COC(=O)CCCCCCCCC(C)C)OC(=O)CCCCCCCCCCCCCCCC(C)C)OC(=O)CCCCCCCCCCC(C)CC. The summed E-state index contributed by atoms with van der Waals surface area (Å²) >= 11 is 0. The third kappa shape index (κ3) is 67.6. The van der Waals surface area contributed by atoms with Crippen LogP contribution >= 0.6 is 15.6 Å². The number of rotatable bonds is 73. The van der Waals surface area contributed by atoms with Gasteiger partial charge in [-0.3, -0.25) is 37.3 Å². The van der Waals surface area contributed by atoms with Crippen molar-refractivity contribution in [2.45, 2.75) is 401 Å². The van der Waals surface area contributed by atoms with Crippen LogP contribution in [0, 0.1) is 23.7 Å². The minimum absolute atomic E-state index is 0.105. The first-order valence-electron chi connectivity index (χ1n) is 39.3. The van der Waals surface area contributed by atoms with E-state index >= 15 is 0 Å². The summed E-state index contributed by atoms with van der Waals surface area (Å²) in [5.41, 5.74) is 0. The van der Waals surface area contributed by atoms with Crippen molar-refractivity contribution in [2.75, 3.05) is 39.6 Å². The largest absolute Gasteiger partial charge is 0.472 e. The van der Waals surface area contributed by atoms with Crippen LogP contribution in [0.4, 0.5) is 0 Å². The van der Waals surface area contributed by atoms with Gasteiger partial charge in [0.1, 0.15) is 19.3 Å². The molecule has 0 spiro atoms. The molecule has 95 heavy (non-hydrogen) atoms. The van der Waals surface area contributed by atoms with Gasteiger partial charge in [-0.1, -0.05) is 331 Å². The van der Waals surface area contributed by atoms with Gasteiger partial charge < -0.3 is 33.8 Å². The summed E-state index contributed by atoms with van der Waals surface area (Å²) in [6.07, 6.45) is 50.0. The molecule has 0 aliphatic carbocycles. The van der Waals surface area contributed by atoms with Gasteiger partial charge in [0, 0.05) is 25.7 Å². The van der Waals surface area contributed by atoms with Crippen molar-refractivity contribution in [3.63, 3.8) is 0 Å². The maximum Gasteiger partial charge on any atom is 0.472 e. The normalized spacial score (nSPS) is 14.7. The van der Waals surface area contributed by atoms with Gasteiger partial charge in [0.05, 0.1) is 26.4 Å². The highest BCUT2D eigenvalue weighted by Crippen LogP contribution is 2.45. The van der Waals surface area contributed by atoms with Gasteiger partial charge >= 0.3 is 39.5 Å². The monoisotopic (exact) mass is 1400 g/mol. The zero-order chi connectivity index (χ0) is 70.3. The maximum absolute atomic E-state index is 13.1. The molecule has 0 fully saturated rings. The second kappa shape index (κ2) is 65.4. The van der Waals surface area contributed by atoms with Gasteiger partial charge in [-0.15, -0.1) is 0 Å². The van der Waals surface area contributed by atoms with Crippen LogP contribution in [-0.2, 0) is 65.4 Å². The molecule has 0 aliphatic rings. The van der Waals surface area contributed by atoms with Crippen molar-refractivity contribution in [3.05, 3.63) is 0 Å². The number of carbonyl (C=O) groups excluding carboxylic acids is 4. The summed E-state index contributed by atoms with van der Waals surface area (Å²) in [6.45, 7) is 14.2. The number of phosphoric ester groups is 2. The number of carbonyl (C=O) groups is 4. The number of unbranched alkanes of at least 4 members (excludes halogenated alkanes) is 37. The summed E-state index contributed by atoms with van der Waals surface area (Å²) in [4.78, 5) is 72.8. The minimum Gasteiger partial charge on any atom is -0.462 e.